The first kappa shape index (κ1) is 9.92. The van der Waals surface area contributed by atoms with Crippen LogP contribution in [0.3, 0.4) is 0 Å². The molecule has 1 heterocycles. The summed E-state index contributed by atoms with van der Waals surface area (Å²) in [6.07, 6.45) is 2.71. The van der Waals surface area contributed by atoms with Crippen LogP contribution in [0.15, 0.2) is 0 Å². The van der Waals surface area contributed by atoms with Crippen LogP contribution in [0.25, 0.3) is 0 Å². The average molecular weight is 175 g/mol. The molecule has 1 aliphatic heterocycles. The van der Waals surface area contributed by atoms with Crippen LogP contribution in [0.4, 0.5) is 0 Å². The number of hydrogen-bond acceptors (Lipinski definition) is 4. The van der Waals surface area contributed by atoms with E-state index in [2.05, 4.69) is 0 Å². The van der Waals surface area contributed by atoms with Crippen molar-refractivity contribution in [1.29, 1.82) is 0 Å². The van der Waals surface area contributed by atoms with E-state index in [0.717, 1.165) is 19.3 Å². The smallest absolute Gasteiger partial charge is 0.158 e. The highest BCUT2D eigenvalue weighted by molar-refractivity contribution is 4.64. The van der Waals surface area contributed by atoms with Crippen molar-refractivity contribution >= 4 is 0 Å². The SMILES string of the molecule is NCCOC1CCC[C@@H](CO)O1. The third-order valence-corrected chi connectivity index (χ3v) is 1.94. The van der Waals surface area contributed by atoms with E-state index in [4.69, 9.17) is 20.3 Å². The topological polar surface area (TPSA) is 64.7 Å². The van der Waals surface area contributed by atoms with Crippen molar-refractivity contribution < 1.29 is 14.6 Å². The minimum Gasteiger partial charge on any atom is -0.394 e. The van der Waals surface area contributed by atoms with Gasteiger partial charge < -0.3 is 20.3 Å². The lowest BCUT2D eigenvalue weighted by molar-refractivity contribution is -0.199. The molecule has 1 aliphatic rings. The molecule has 0 amide bonds. The molecule has 1 rings (SSSR count). The maximum absolute atomic E-state index is 8.83. The molecule has 0 aromatic carbocycles. The van der Waals surface area contributed by atoms with Gasteiger partial charge in [0.05, 0.1) is 19.3 Å². The number of aliphatic hydroxyl groups excluding tert-OH is 1. The van der Waals surface area contributed by atoms with Crippen molar-refractivity contribution in [2.24, 2.45) is 5.73 Å². The Kier molecular flexibility index (Phi) is 4.53. The molecule has 0 saturated carbocycles. The molecule has 0 aliphatic carbocycles. The highest BCUT2D eigenvalue weighted by atomic mass is 16.7. The van der Waals surface area contributed by atoms with E-state index in [9.17, 15) is 0 Å². The number of rotatable bonds is 4. The fraction of sp³-hybridized carbons (Fsp3) is 1.00. The lowest BCUT2D eigenvalue weighted by atomic mass is 10.1. The van der Waals surface area contributed by atoms with Gasteiger partial charge in [-0.2, -0.15) is 0 Å². The van der Waals surface area contributed by atoms with E-state index in [1.807, 2.05) is 0 Å². The molecule has 1 saturated heterocycles. The van der Waals surface area contributed by atoms with Crippen LogP contribution in [-0.4, -0.2) is 37.3 Å². The molecule has 0 aromatic rings. The van der Waals surface area contributed by atoms with Crippen molar-refractivity contribution in [3.8, 4) is 0 Å². The maximum Gasteiger partial charge on any atom is 0.158 e. The minimum absolute atomic E-state index is 0.0403. The Balaban J connectivity index is 2.16. The van der Waals surface area contributed by atoms with Gasteiger partial charge in [0.1, 0.15) is 0 Å². The summed E-state index contributed by atoms with van der Waals surface area (Å²) in [4.78, 5) is 0. The number of ether oxygens (including phenoxy) is 2. The van der Waals surface area contributed by atoms with Crippen LogP contribution < -0.4 is 5.73 Å². The Hall–Kier alpha value is -0.160. The van der Waals surface area contributed by atoms with Crippen molar-refractivity contribution in [2.75, 3.05) is 19.8 Å². The second-order valence-electron chi connectivity index (χ2n) is 2.96. The molecule has 1 unspecified atom stereocenters. The third-order valence-electron chi connectivity index (χ3n) is 1.94. The standard InChI is InChI=1S/C8H17NO3/c9-4-5-11-8-3-1-2-7(6-10)12-8/h7-8,10H,1-6,9H2/t7-,8?/m0/s1. The zero-order valence-electron chi connectivity index (χ0n) is 7.24. The normalized spacial score (nSPS) is 30.5. The summed E-state index contributed by atoms with van der Waals surface area (Å²) in [6.45, 7) is 1.13. The number of aliphatic hydroxyl groups is 1. The summed E-state index contributed by atoms with van der Waals surface area (Å²) in [6, 6.07) is 0. The first-order chi connectivity index (χ1) is 5.86. The maximum atomic E-state index is 8.83. The van der Waals surface area contributed by atoms with Crippen LogP contribution in [0.1, 0.15) is 19.3 Å². The van der Waals surface area contributed by atoms with Crippen LogP contribution in [0.5, 0.6) is 0 Å². The molecule has 12 heavy (non-hydrogen) atoms. The highest BCUT2D eigenvalue weighted by Gasteiger charge is 2.21. The van der Waals surface area contributed by atoms with Gasteiger partial charge in [0, 0.05) is 6.54 Å². The summed E-state index contributed by atoms with van der Waals surface area (Å²) >= 11 is 0. The summed E-state index contributed by atoms with van der Waals surface area (Å²) in [7, 11) is 0. The molecular formula is C8H17NO3. The molecule has 3 N–H and O–H groups in total. The molecule has 1 fully saturated rings. The van der Waals surface area contributed by atoms with Crippen LogP contribution in [-0.2, 0) is 9.47 Å². The van der Waals surface area contributed by atoms with Crippen molar-refractivity contribution in [1.82, 2.24) is 0 Å². The van der Waals surface area contributed by atoms with Gasteiger partial charge in [-0.3, -0.25) is 0 Å². The second kappa shape index (κ2) is 5.48. The van der Waals surface area contributed by atoms with E-state index in [1.54, 1.807) is 0 Å². The largest absolute Gasteiger partial charge is 0.394 e. The summed E-state index contributed by atoms with van der Waals surface area (Å²) in [5.41, 5.74) is 5.28. The lowest BCUT2D eigenvalue weighted by Crippen LogP contribution is -2.32. The number of hydrogen-bond donors (Lipinski definition) is 2. The van der Waals surface area contributed by atoms with Crippen LogP contribution in [0, 0.1) is 0 Å². The van der Waals surface area contributed by atoms with Crippen LogP contribution >= 0.6 is 0 Å². The first-order valence-electron chi connectivity index (χ1n) is 4.45. The van der Waals surface area contributed by atoms with Crippen LogP contribution in [0.2, 0.25) is 0 Å². The average Bonchev–Trinajstić information content (AvgIpc) is 2.15. The molecule has 0 spiro atoms. The molecular weight excluding hydrogens is 158 g/mol. The minimum atomic E-state index is -0.153. The second-order valence-corrected chi connectivity index (χ2v) is 2.96. The summed E-state index contributed by atoms with van der Waals surface area (Å²) < 4.78 is 10.7. The molecule has 0 bridgehead atoms. The molecule has 4 heteroatoms. The van der Waals surface area contributed by atoms with Crippen molar-refractivity contribution in [2.45, 2.75) is 31.7 Å². The predicted molar refractivity (Wildman–Crippen MR) is 44.6 cm³/mol. The molecule has 0 aromatic heterocycles. The zero-order chi connectivity index (χ0) is 8.81. The lowest BCUT2D eigenvalue weighted by Gasteiger charge is -2.28. The van der Waals surface area contributed by atoms with E-state index >= 15 is 0 Å². The summed E-state index contributed by atoms with van der Waals surface area (Å²) in [5, 5.41) is 8.83. The fourth-order valence-electron chi connectivity index (χ4n) is 1.32. The fourth-order valence-corrected chi connectivity index (χ4v) is 1.32. The predicted octanol–water partition coefficient (Wildman–Crippen LogP) is -0.151. The Bertz CT molecular complexity index is 121. The Morgan fingerprint density at radius 3 is 3.00 bits per heavy atom. The van der Waals surface area contributed by atoms with E-state index < -0.39 is 0 Å². The van der Waals surface area contributed by atoms with E-state index in [1.165, 1.54) is 0 Å². The van der Waals surface area contributed by atoms with Crippen molar-refractivity contribution in [3.63, 3.8) is 0 Å². The van der Waals surface area contributed by atoms with Crippen molar-refractivity contribution in [3.05, 3.63) is 0 Å². The van der Waals surface area contributed by atoms with Gasteiger partial charge in [-0.25, -0.2) is 0 Å². The molecule has 72 valence electrons. The van der Waals surface area contributed by atoms with Gasteiger partial charge in [-0.05, 0) is 19.3 Å². The molecule has 0 radical (unpaired) electrons. The highest BCUT2D eigenvalue weighted by Crippen LogP contribution is 2.19. The Morgan fingerprint density at radius 1 is 1.50 bits per heavy atom. The number of nitrogens with two attached hydrogens (primary N) is 1. The van der Waals surface area contributed by atoms with Gasteiger partial charge in [0.25, 0.3) is 0 Å². The summed E-state index contributed by atoms with van der Waals surface area (Å²) in [5.74, 6) is 0. The Morgan fingerprint density at radius 2 is 2.33 bits per heavy atom. The molecule has 2 atom stereocenters. The quantitative estimate of drug-likeness (QED) is 0.623. The zero-order valence-corrected chi connectivity index (χ0v) is 7.24. The first-order valence-corrected chi connectivity index (χ1v) is 4.45. The Labute approximate surface area is 72.6 Å². The third kappa shape index (κ3) is 3.06. The van der Waals surface area contributed by atoms with Gasteiger partial charge in [0.2, 0.25) is 0 Å². The van der Waals surface area contributed by atoms with Gasteiger partial charge in [-0.15, -0.1) is 0 Å². The van der Waals surface area contributed by atoms with E-state index in [0.29, 0.717) is 13.2 Å². The monoisotopic (exact) mass is 175 g/mol. The van der Waals surface area contributed by atoms with Gasteiger partial charge >= 0.3 is 0 Å². The molecule has 4 nitrogen and oxygen atoms in total. The van der Waals surface area contributed by atoms with E-state index in [-0.39, 0.29) is 19.0 Å². The van der Waals surface area contributed by atoms with Gasteiger partial charge in [0.15, 0.2) is 6.29 Å². The van der Waals surface area contributed by atoms with Gasteiger partial charge in [-0.1, -0.05) is 0 Å².